The van der Waals surface area contributed by atoms with Crippen molar-refractivity contribution < 1.29 is 0 Å². The van der Waals surface area contributed by atoms with Crippen LogP contribution in [0.25, 0.3) is 0 Å². The molecular weight excluding hydrogens is 322 g/mol. The van der Waals surface area contributed by atoms with Gasteiger partial charge in [0, 0.05) is 25.3 Å². The van der Waals surface area contributed by atoms with Gasteiger partial charge in [0.25, 0.3) is 0 Å². The first-order chi connectivity index (χ1) is 12.7. The van der Waals surface area contributed by atoms with E-state index in [1.165, 1.54) is 0 Å². The fourth-order valence-electron chi connectivity index (χ4n) is 2.28. The summed E-state index contributed by atoms with van der Waals surface area (Å²) in [5.41, 5.74) is 6.72. The zero-order valence-electron chi connectivity index (χ0n) is 14.9. The van der Waals surface area contributed by atoms with Crippen LogP contribution in [0.2, 0.25) is 0 Å². The summed E-state index contributed by atoms with van der Waals surface area (Å²) in [6.45, 7) is 0. The molecule has 5 heteroatoms. The summed E-state index contributed by atoms with van der Waals surface area (Å²) in [6.07, 6.45) is 0. The van der Waals surface area contributed by atoms with E-state index in [0.29, 0.717) is 5.84 Å². The number of hydrogen-bond donors (Lipinski definition) is 1. The maximum absolute atomic E-state index is 4.45. The molecule has 0 unspecified atom stereocenters. The number of hydrogen-bond acceptors (Lipinski definition) is 4. The molecule has 5 nitrogen and oxygen atoms in total. The minimum atomic E-state index is 0.517. The monoisotopic (exact) mass is 343 g/mol. The fraction of sp³-hybridized carbons (Fsp3) is 0.0952. The van der Waals surface area contributed by atoms with Crippen molar-refractivity contribution in [3.63, 3.8) is 0 Å². The second-order valence-electron chi connectivity index (χ2n) is 5.89. The van der Waals surface area contributed by atoms with Gasteiger partial charge < -0.3 is 4.90 Å². The molecule has 0 aliphatic carbocycles. The first kappa shape index (κ1) is 17.4. The van der Waals surface area contributed by atoms with Gasteiger partial charge in [0.2, 0.25) is 5.84 Å². The summed E-state index contributed by atoms with van der Waals surface area (Å²) in [4.78, 5) is 2.05. The quantitative estimate of drug-likeness (QED) is 0.295. The van der Waals surface area contributed by atoms with Crippen molar-refractivity contribution in [2.45, 2.75) is 0 Å². The Labute approximate surface area is 153 Å². The normalized spacial score (nSPS) is 11.5. The summed E-state index contributed by atoms with van der Waals surface area (Å²) in [5, 5.41) is 13.1. The van der Waals surface area contributed by atoms with Crippen molar-refractivity contribution in [1.29, 1.82) is 0 Å². The molecule has 0 bridgehead atoms. The van der Waals surface area contributed by atoms with Gasteiger partial charge in [-0.2, -0.15) is 5.10 Å². The Morgan fingerprint density at radius 1 is 0.769 bits per heavy atom. The Kier molecular flexibility index (Phi) is 5.72. The fourth-order valence-corrected chi connectivity index (χ4v) is 2.28. The lowest BCUT2D eigenvalue weighted by Crippen LogP contribution is -2.09. The van der Waals surface area contributed by atoms with Crippen LogP contribution < -0.4 is 10.3 Å². The third kappa shape index (κ3) is 4.77. The van der Waals surface area contributed by atoms with Crippen LogP contribution in [0.1, 0.15) is 5.56 Å². The van der Waals surface area contributed by atoms with E-state index in [4.69, 9.17) is 0 Å². The van der Waals surface area contributed by atoms with Gasteiger partial charge in [-0.3, -0.25) is 5.43 Å². The molecule has 0 fully saturated rings. The summed E-state index contributed by atoms with van der Waals surface area (Å²) < 4.78 is 0. The minimum Gasteiger partial charge on any atom is -0.378 e. The predicted molar refractivity (Wildman–Crippen MR) is 108 cm³/mol. The summed E-state index contributed by atoms with van der Waals surface area (Å²) in [5.74, 6) is 0.517. The number of azo groups is 1. The van der Waals surface area contributed by atoms with E-state index in [2.05, 4.69) is 20.8 Å². The van der Waals surface area contributed by atoms with Crippen LogP contribution in [-0.2, 0) is 0 Å². The van der Waals surface area contributed by atoms with E-state index in [1.807, 2.05) is 104 Å². The Morgan fingerprint density at radius 2 is 1.38 bits per heavy atom. The van der Waals surface area contributed by atoms with Gasteiger partial charge in [-0.15, -0.1) is 10.2 Å². The Bertz CT molecular complexity index is 869. The summed E-state index contributed by atoms with van der Waals surface area (Å²) in [7, 11) is 4.02. The molecule has 26 heavy (non-hydrogen) atoms. The molecular formula is C21H21N5. The number of nitrogens with one attached hydrogen (secondary N) is 1. The molecule has 0 saturated carbocycles. The van der Waals surface area contributed by atoms with Crippen molar-refractivity contribution >= 4 is 22.9 Å². The molecule has 0 aromatic heterocycles. The molecule has 0 saturated heterocycles. The number of benzene rings is 3. The Hall–Kier alpha value is -3.47. The molecule has 0 heterocycles. The number of rotatable bonds is 5. The highest BCUT2D eigenvalue weighted by Crippen LogP contribution is 2.16. The lowest BCUT2D eigenvalue weighted by atomic mass is 10.2. The smallest absolute Gasteiger partial charge is 0.201 e. The summed E-state index contributed by atoms with van der Waals surface area (Å²) >= 11 is 0. The molecule has 3 aromatic carbocycles. The number of para-hydroxylation sites is 1. The molecule has 0 atom stereocenters. The molecule has 0 radical (unpaired) electrons. The van der Waals surface area contributed by atoms with E-state index >= 15 is 0 Å². The van der Waals surface area contributed by atoms with Crippen LogP contribution >= 0.6 is 0 Å². The second-order valence-corrected chi connectivity index (χ2v) is 5.89. The van der Waals surface area contributed by atoms with E-state index in [-0.39, 0.29) is 0 Å². The number of nitrogens with zero attached hydrogens (tertiary/aromatic N) is 4. The third-order valence-electron chi connectivity index (χ3n) is 3.72. The van der Waals surface area contributed by atoms with Crippen molar-refractivity contribution in [1.82, 2.24) is 0 Å². The third-order valence-corrected chi connectivity index (χ3v) is 3.72. The highest BCUT2D eigenvalue weighted by molar-refractivity contribution is 5.99. The first-order valence-electron chi connectivity index (χ1n) is 8.36. The number of anilines is 2. The van der Waals surface area contributed by atoms with Gasteiger partial charge in [0.05, 0.1) is 11.4 Å². The number of amidine groups is 1. The van der Waals surface area contributed by atoms with Crippen LogP contribution in [0, 0.1) is 0 Å². The van der Waals surface area contributed by atoms with Crippen LogP contribution in [0.15, 0.2) is 100 Å². The van der Waals surface area contributed by atoms with Crippen LogP contribution in [0.4, 0.5) is 17.1 Å². The molecule has 130 valence electrons. The Balaban J connectivity index is 1.88. The Morgan fingerprint density at radius 3 is 2.00 bits per heavy atom. The molecule has 3 rings (SSSR count). The van der Waals surface area contributed by atoms with Gasteiger partial charge >= 0.3 is 0 Å². The SMILES string of the molecule is CN(C)c1ccc(C(N=Nc2ccccc2)=NNc2ccccc2)cc1. The van der Waals surface area contributed by atoms with Gasteiger partial charge in [0.1, 0.15) is 0 Å². The number of hydrazone groups is 1. The maximum atomic E-state index is 4.45. The highest BCUT2D eigenvalue weighted by atomic mass is 15.3. The van der Waals surface area contributed by atoms with Crippen LogP contribution in [-0.4, -0.2) is 19.9 Å². The van der Waals surface area contributed by atoms with E-state index in [1.54, 1.807) is 0 Å². The zero-order valence-corrected chi connectivity index (χ0v) is 14.9. The van der Waals surface area contributed by atoms with Gasteiger partial charge in [-0.05, 0) is 48.5 Å². The van der Waals surface area contributed by atoms with Crippen molar-refractivity contribution in [3.05, 3.63) is 90.5 Å². The molecule has 3 aromatic rings. The van der Waals surface area contributed by atoms with Crippen LogP contribution in [0.5, 0.6) is 0 Å². The van der Waals surface area contributed by atoms with Crippen molar-refractivity contribution in [2.24, 2.45) is 15.3 Å². The first-order valence-corrected chi connectivity index (χ1v) is 8.36. The summed E-state index contributed by atoms with van der Waals surface area (Å²) in [6, 6.07) is 27.4. The lowest BCUT2D eigenvalue weighted by Gasteiger charge is -2.12. The lowest BCUT2D eigenvalue weighted by molar-refractivity contribution is 1.13. The predicted octanol–water partition coefficient (Wildman–Crippen LogP) is 5.31. The van der Waals surface area contributed by atoms with Crippen LogP contribution in [0.3, 0.4) is 0 Å². The van der Waals surface area contributed by atoms with Gasteiger partial charge in [-0.25, -0.2) is 0 Å². The topological polar surface area (TPSA) is 52.4 Å². The van der Waals surface area contributed by atoms with E-state index < -0.39 is 0 Å². The molecule has 1 N–H and O–H groups in total. The molecule has 0 spiro atoms. The van der Waals surface area contributed by atoms with Crippen molar-refractivity contribution in [2.75, 3.05) is 24.4 Å². The highest BCUT2D eigenvalue weighted by Gasteiger charge is 2.04. The maximum Gasteiger partial charge on any atom is 0.201 e. The van der Waals surface area contributed by atoms with Gasteiger partial charge in [-0.1, -0.05) is 36.4 Å². The molecule has 0 aliphatic heterocycles. The zero-order chi connectivity index (χ0) is 18.2. The average molecular weight is 343 g/mol. The second kappa shape index (κ2) is 8.58. The standard InChI is InChI=1S/C21H21N5/c1-26(2)20-15-13-17(14-16-20)21(24-22-18-9-5-3-6-10-18)25-23-19-11-7-4-8-12-19/h3-16,22H,1-2H3. The minimum absolute atomic E-state index is 0.517. The molecule has 0 aliphatic rings. The van der Waals surface area contributed by atoms with Crippen molar-refractivity contribution in [3.8, 4) is 0 Å². The van der Waals surface area contributed by atoms with E-state index in [0.717, 1.165) is 22.6 Å². The largest absolute Gasteiger partial charge is 0.378 e. The average Bonchev–Trinajstić information content (AvgIpc) is 2.70. The van der Waals surface area contributed by atoms with Gasteiger partial charge in [0.15, 0.2) is 0 Å². The van der Waals surface area contributed by atoms with E-state index in [9.17, 15) is 0 Å². The molecule has 0 amide bonds.